The molecule has 0 spiro atoms. The van der Waals surface area contributed by atoms with Gasteiger partial charge in [-0.05, 0) is 57.9 Å². The highest BCUT2D eigenvalue weighted by Crippen LogP contribution is 2.19. The van der Waals surface area contributed by atoms with Gasteiger partial charge in [-0.2, -0.15) is 5.26 Å². The molecule has 2 atom stereocenters. The fourth-order valence-electron chi connectivity index (χ4n) is 2.49. The molecule has 0 saturated carbocycles. The average Bonchev–Trinajstić information content (AvgIpc) is 3.03. The van der Waals surface area contributed by atoms with E-state index >= 15 is 0 Å². The van der Waals surface area contributed by atoms with Crippen LogP contribution in [0.15, 0.2) is 28.8 Å². The van der Waals surface area contributed by atoms with Crippen molar-refractivity contribution in [2.75, 3.05) is 0 Å². The lowest BCUT2D eigenvalue weighted by Crippen LogP contribution is -2.52. The first kappa shape index (κ1) is 22.9. The number of aryl methyl sites for hydroxylation is 2. The Labute approximate surface area is 176 Å². The predicted molar refractivity (Wildman–Crippen MR) is 109 cm³/mol. The summed E-state index contributed by atoms with van der Waals surface area (Å²) in [6.45, 7) is 10.7. The van der Waals surface area contributed by atoms with E-state index in [0.717, 1.165) is 11.3 Å². The number of benzene rings is 1. The lowest BCUT2D eigenvalue weighted by Gasteiger charge is -2.28. The Kier molecular flexibility index (Phi) is 7.22. The Hall–Kier alpha value is -3.34. The number of amides is 1. The monoisotopic (exact) mass is 413 g/mol. The Morgan fingerprint density at radius 1 is 1.23 bits per heavy atom. The molecule has 0 aliphatic carbocycles. The second kappa shape index (κ2) is 9.44. The van der Waals surface area contributed by atoms with Gasteiger partial charge in [-0.15, -0.1) is 0 Å². The van der Waals surface area contributed by atoms with Gasteiger partial charge in [-0.1, -0.05) is 19.0 Å². The van der Waals surface area contributed by atoms with Crippen LogP contribution >= 0.6 is 0 Å². The minimum Gasteiger partial charge on any atom is -0.489 e. The molecule has 1 aromatic carbocycles. The zero-order valence-electron chi connectivity index (χ0n) is 18.1. The maximum absolute atomic E-state index is 12.3. The summed E-state index contributed by atoms with van der Waals surface area (Å²) >= 11 is 0. The maximum atomic E-state index is 12.3. The van der Waals surface area contributed by atoms with Crippen molar-refractivity contribution in [1.29, 1.82) is 5.26 Å². The van der Waals surface area contributed by atoms with Crippen molar-refractivity contribution in [3.05, 3.63) is 46.8 Å². The molecule has 2 rings (SSSR count). The molecule has 30 heavy (non-hydrogen) atoms. The van der Waals surface area contributed by atoms with Gasteiger partial charge in [0.05, 0.1) is 22.9 Å². The highest BCUT2D eigenvalue weighted by Gasteiger charge is 2.32. The van der Waals surface area contributed by atoms with Gasteiger partial charge in [0.15, 0.2) is 6.10 Å². The van der Waals surface area contributed by atoms with E-state index in [9.17, 15) is 14.9 Å². The number of hydrogen-bond donors (Lipinski definition) is 1. The van der Waals surface area contributed by atoms with Crippen LogP contribution in [0, 0.1) is 31.1 Å². The molecular formula is C22H27N3O5. The molecular weight excluding hydrogens is 386 g/mol. The summed E-state index contributed by atoms with van der Waals surface area (Å²) in [5.41, 5.74) is 0.887. The van der Waals surface area contributed by atoms with Crippen LogP contribution in [0.4, 0.5) is 0 Å². The minimum absolute atomic E-state index is 0.104. The first-order valence-electron chi connectivity index (χ1n) is 9.66. The van der Waals surface area contributed by atoms with Crippen molar-refractivity contribution in [2.24, 2.45) is 5.92 Å². The molecule has 1 aromatic heterocycles. The number of nitriles is 1. The highest BCUT2D eigenvalue weighted by molar-refractivity contribution is 5.92. The number of carbonyl (C=O) groups is 2. The number of nitrogens with zero attached hydrogens (tertiary/aromatic N) is 2. The molecule has 0 fully saturated rings. The topological polar surface area (TPSA) is 114 Å². The highest BCUT2D eigenvalue weighted by atomic mass is 16.5. The quantitative estimate of drug-likeness (QED) is 0.659. The van der Waals surface area contributed by atoms with Crippen LogP contribution in [0.1, 0.15) is 55.1 Å². The van der Waals surface area contributed by atoms with Crippen LogP contribution in [0.5, 0.6) is 5.75 Å². The summed E-state index contributed by atoms with van der Waals surface area (Å²) in [5, 5.41) is 15.8. The van der Waals surface area contributed by atoms with Crippen molar-refractivity contribution >= 4 is 11.9 Å². The summed E-state index contributed by atoms with van der Waals surface area (Å²) in [7, 11) is 0. The zero-order valence-corrected chi connectivity index (χ0v) is 18.1. The maximum Gasteiger partial charge on any atom is 0.338 e. The van der Waals surface area contributed by atoms with E-state index < -0.39 is 23.5 Å². The van der Waals surface area contributed by atoms with Crippen molar-refractivity contribution < 1.29 is 23.6 Å². The molecule has 0 radical (unpaired) electrons. The minimum atomic E-state index is -1.04. The van der Waals surface area contributed by atoms with Gasteiger partial charge in [0, 0.05) is 0 Å². The molecule has 8 heteroatoms. The number of nitrogens with one attached hydrogen (secondary N) is 1. The molecule has 0 unspecified atom stereocenters. The molecule has 2 aromatic rings. The van der Waals surface area contributed by atoms with Crippen LogP contribution < -0.4 is 10.1 Å². The Balaban J connectivity index is 1.94. The van der Waals surface area contributed by atoms with Gasteiger partial charge in [-0.25, -0.2) is 4.79 Å². The van der Waals surface area contributed by atoms with Gasteiger partial charge in [0.2, 0.25) is 0 Å². The van der Waals surface area contributed by atoms with E-state index in [1.807, 2.05) is 27.7 Å². The lowest BCUT2D eigenvalue weighted by molar-refractivity contribution is -0.130. The second-order valence-electron chi connectivity index (χ2n) is 7.62. The smallest absolute Gasteiger partial charge is 0.338 e. The van der Waals surface area contributed by atoms with Crippen LogP contribution in [0.3, 0.4) is 0 Å². The molecule has 0 aliphatic heterocycles. The van der Waals surface area contributed by atoms with Crippen LogP contribution in [-0.2, 0) is 16.1 Å². The number of esters is 1. The number of hydrogen-bond acceptors (Lipinski definition) is 7. The van der Waals surface area contributed by atoms with Crippen molar-refractivity contribution in [3.8, 4) is 11.8 Å². The standard InChI is InChI=1S/C22H27N3O5/c1-13(2)22(6,12-23)24-20(26)16(5)29-21(27)17-7-9-18(10-8-17)28-11-19-14(3)25-30-15(19)4/h7-10,13,16H,11H2,1-6H3,(H,24,26)/t16-,22-/m1/s1. The number of rotatable bonds is 8. The molecule has 1 heterocycles. The van der Waals surface area contributed by atoms with E-state index in [4.69, 9.17) is 14.0 Å². The average molecular weight is 413 g/mol. The third-order valence-corrected chi connectivity index (χ3v) is 5.08. The molecule has 160 valence electrons. The lowest BCUT2D eigenvalue weighted by atomic mass is 9.90. The summed E-state index contributed by atoms with van der Waals surface area (Å²) < 4.78 is 16.0. The van der Waals surface area contributed by atoms with Crippen molar-refractivity contribution in [1.82, 2.24) is 10.5 Å². The van der Waals surface area contributed by atoms with Crippen molar-refractivity contribution in [2.45, 2.75) is 59.8 Å². The van der Waals surface area contributed by atoms with E-state index in [-0.39, 0.29) is 11.5 Å². The largest absolute Gasteiger partial charge is 0.489 e. The Morgan fingerprint density at radius 2 is 1.87 bits per heavy atom. The van der Waals surface area contributed by atoms with Gasteiger partial charge in [0.1, 0.15) is 23.7 Å². The first-order valence-corrected chi connectivity index (χ1v) is 9.66. The fourth-order valence-corrected chi connectivity index (χ4v) is 2.49. The summed E-state index contributed by atoms with van der Waals surface area (Å²) in [5.74, 6) is -0.00469. The summed E-state index contributed by atoms with van der Waals surface area (Å²) in [4.78, 5) is 24.7. The van der Waals surface area contributed by atoms with Gasteiger partial charge in [0.25, 0.3) is 5.91 Å². The third kappa shape index (κ3) is 5.38. The first-order chi connectivity index (χ1) is 14.1. The normalized spacial score (nSPS) is 13.8. The van der Waals surface area contributed by atoms with Crippen LogP contribution in [0.25, 0.3) is 0 Å². The van der Waals surface area contributed by atoms with Gasteiger partial charge >= 0.3 is 5.97 Å². The molecule has 0 bridgehead atoms. The number of aromatic nitrogens is 1. The SMILES string of the molecule is Cc1noc(C)c1COc1ccc(C(=O)O[C@H](C)C(=O)N[C@](C)(C#N)C(C)C)cc1. The number of ether oxygens (including phenoxy) is 2. The summed E-state index contributed by atoms with van der Waals surface area (Å²) in [6, 6.07) is 8.49. The third-order valence-electron chi connectivity index (χ3n) is 5.08. The van der Waals surface area contributed by atoms with E-state index in [1.165, 1.54) is 6.92 Å². The molecule has 0 saturated heterocycles. The number of carbonyl (C=O) groups excluding carboxylic acids is 2. The fraction of sp³-hybridized carbons (Fsp3) is 0.455. The van der Waals surface area contributed by atoms with E-state index in [2.05, 4.69) is 16.5 Å². The Bertz CT molecular complexity index is 923. The molecule has 1 amide bonds. The molecule has 8 nitrogen and oxygen atoms in total. The molecule has 1 N–H and O–H groups in total. The predicted octanol–water partition coefficient (Wildman–Crippen LogP) is 3.47. The second-order valence-corrected chi connectivity index (χ2v) is 7.62. The Morgan fingerprint density at radius 3 is 2.37 bits per heavy atom. The van der Waals surface area contributed by atoms with Gasteiger partial charge < -0.3 is 19.3 Å². The van der Waals surface area contributed by atoms with E-state index in [0.29, 0.717) is 18.1 Å². The van der Waals surface area contributed by atoms with Crippen molar-refractivity contribution in [3.63, 3.8) is 0 Å². The van der Waals surface area contributed by atoms with Gasteiger partial charge in [-0.3, -0.25) is 4.79 Å². The van der Waals surface area contributed by atoms with Crippen LogP contribution in [0.2, 0.25) is 0 Å². The molecule has 0 aliphatic rings. The summed E-state index contributed by atoms with van der Waals surface area (Å²) in [6.07, 6.45) is -1.04. The van der Waals surface area contributed by atoms with E-state index in [1.54, 1.807) is 31.2 Å². The zero-order chi connectivity index (χ0) is 22.5. The van der Waals surface area contributed by atoms with Crippen LogP contribution in [-0.4, -0.2) is 28.7 Å².